The largest absolute Gasteiger partial charge is 0.338 e. The maximum absolute atomic E-state index is 12.6. The van der Waals surface area contributed by atoms with Crippen LogP contribution in [0.25, 0.3) is 0 Å². The average molecular weight is 346 g/mol. The topological polar surface area (TPSA) is 108 Å². The second-order valence-electron chi connectivity index (χ2n) is 5.97. The second kappa shape index (κ2) is 7.78. The minimum Gasteiger partial charge on any atom is -0.338 e. The van der Waals surface area contributed by atoms with E-state index in [1.807, 2.05) is 6.92 Å². The van der Waals surface area contributed by atoms with E-state index in [9.17, 15) is 19.2 Å². The molecule has 0 radical (unpaired) electrons. The molecule has 2 rings (SSSR count). The minimum absolute atomic E-state index is 0.449. The zero-order chi connectivity index (χ0) is 18.4. The van der Waals surface area contributed by atoms with Crippen molar-refractivity contribution in [3.8, 4) is 0 Å². The van der Waals surface area contributed by atoms with Crippen molar-refractivity contribution >= 4 is 23.9 Å². The molecule has 1 aromatic carbocycles. The van der Waals surface area contributed by atoms with Crippen molar-refractivity contribution in [2.75, 3.05) is 13.1 Å². The Kier molecular flexibility index (Phi) is 5.74. The van der Waals surface area contributed by atoms with E-state index in [2.05, 4.69) is 16.0 Å². The summed E-state index contributed by atoms with van der Waals surface area (Å²) in [5.74, 6) is -1.26. The van der Waals surface area contributed by atoms with Gasteiger partial charge in [-0.25, -0.2) is 9.59 Å². The van der Waals surface area contributed by atoms with Gasteiger partial charge in [0.15, 0.2) is 0 Å². The van der Waals surface area contributed by atoms with Crippen LogP contribution < -0.4 is 16.0 Å². The highest BCUT2D eigenvalue weighted by Crippen LogP contribution is 2.28. The predicted molar refractivity (Wildman–Crippen MR) is 90.5 cm³/mol. The van der Waals surface area contributed by atoms with E-state index in [1.54, 1.807) is 37.3 Å². The van der Waals surface area contributed by atoms with Crippen LogP contribution >= 0.6 is 0 Å². The highest BCUT2D eigenvalue weighted by molar-refractivity contribution is 6.10. The first-order valence-corrected chi connectivity index (χ1v) is 8.15. The lowest BCUT2D eigenvalue weighted by Crippen LogP contribution is -2.47. The van der Waals surface area contributed by atoms with Crippen LogP contribution in [0.15, 0.2) is 30.3 Å². The molecule has 1 saturated heterocycles. The molecule has 0 bridgehead atoms. The van der Waals surface area contributed by atoms with Gasteiger partial charge in [-0.15, -0.1) is 0 Å². The molecule has 8 nitrogen and oxygen atoms in total. The molecular weight excluding hydrogens is 324 g/mol. The van der Waals surface area contributed by atoms with E-state index < -0.39 is 36.0 Å². The van der Waals surface area contributed by atoms with Gasteiger partial charge in [0.2, 0.25) is 5.91 Å². The third kappa shape index (κ3) is 4.14. The zero-order valence-corrected chi connectivity index (χ0v) is 14.3. The Bertz CT molecular complexity index is 676. The molecule has 1 heterocycles. The molecular formula is C17H22N4O4. The number of amides is 6. The van der Waals surface area contributed by atoms with Gasteiger partial charge in [-0.2, -0.15) is 0 Å². The summed E-state index contributed by atoms with van der Waals surface area (Å²) in [4.78, 5) is 49.1. The van der Waals surface area contributed by atoms with Gasteiger partial charge in [0.05, 0.1) is 0 Å². The van der Waals surface area contributed by atoms with E-state index >= 15 is 0 Å². The van der Waals surface area contributed by atoms with E-state index in [-0.39, 0.29) is 0 Å². The van der Waals surface area contributed by atoms with E-state index in [4.69, 9.17) is 0 Å². The van der Waals surface area contributed by atoms with Crippen molar-refractivity contribution < 1.29 is 19.2 Å². The summed E-state index contributed by atoms with van der Waals surface area (Å²) in [7, 11) is 0. The van der Waals surface area contributed by atoms with Gasteiger partial charge in [0.1, 0.15) is 12.1 Å². The number of hydrogen-bond acceptors (Lipinski definition) is 4. The summed E-state index contributed by atoms with van der Waals surface area (Å²) in [5, 5.41) is 7.24. The van der Waals surface area contributed by atoms with E-state index in [0.717, 1.165) is 17.7 Å². The molecule has 1 atom stereocenters. The van der Waals surface area contributed by atoms with Crippen LogP contribution in [-0.4, -0.2) is 41.9 Å². The molecule has 0 unspecified atom stereocenters. The number of imide groups is 2. The van der Waals surface area contributed by atoms with Crippen molar-refractivity contribution in [3.63, 3.8) is 0 Å². The fraction of sp³-hybridized carbons (Fsp3) is 0.412. The number of benzene rings is 1. The molecule has 1 aromatic rings. The first-order chi connectivity index (χ1) is 11.9. The molecule has 0 saturated carbocycles. The minimum atomic E-state index is -1.23. The number of rotatable bonds is 6. The Morgan fingerprint density at radius 3 is 2.52 bits per heavy atom. The summed E-state index contributed by atoms with van der Waals surface area (Å²) in [6, 6.07) is 7.46. The number of nitrogens with one attached hydrogen (secondary N) is 3. The third-order valence-electron chi connectivity index (χ3n) is 4.00. The van der Waals surface area contributed by atoms with Gasteiger partial charge < -0.3 is 10.6 Å². The van der Waals surface area contributed by atoms with Crippen LogP contribution in [0.3, 0.4) is 0 Å². The molecule has 25 heavy (non-hydrogen) atoms. The Morgan fingerprint density at radius 2 is 1.88 bits per heavy atom. The van der Waals surface area contributed by atoms with Crippen molar-refractivity contribution in [2.24, 2.45) is 0 Å². The van der Waals surface area contributed by atoms with Crippen molar-refractivity contribution in [1.29, 1.82) is 0 Å². The quantitative estimate of drug-likeness (QED) is 0.529. The van der Waals surface area contributed by atoms with Gasteiger partial charge in [-0.3, -0.25) is 19.8 Å². The second-order valence-corrected chi connectivity index (χ2v) is 5.97. The maximum atomic E-state index is 12.6. The highest BCUT2D eigenvalue weighted by atomic mass is 16.2. The van der Waals surface area contributed by atoms with Gasteiger partial charge in [-0.05, 0) is 18.9 Å². The van der Waals surface area contributed by atoms with Gasteiger partial charge in [0, 0.05) is 6.54 Å². The lowest BCUT2D eigenvalue weighted by molar-refractivity contribution is -0.134. The number of carbonyl (C=O) groups is 4. The van der Waals surface area contributed by atoms with Crippen LogP contribution in [0, 0.1) is 0 Å². The number of urea groups is 2. The molecule has 134 valence electrons. The first kappa shape index (κ1) is 18.4. The predicted octanol–water partition coefficient (Wildman–Crippen LogP) is 1.08. The molecule has 8 heteroatoms. The molecule has 1 aliphatic rings. The monoisotopic (exact) mass is 346 g/mol. The fourth-order valence-electron chi connectivity index (χ4n) is 2.54. The lowest BCUT2D eigenvalue weighted by Gasteiger charge is -2.22. The van der Waals surface area contributed by atoms with Crippen LogP contribution in [0.1, 0.15) is 32.3 Å². The van der Waals surface area contributed by atoms with Crippen molar-refractivity contribution in [2.45, 2.75) is 32.2 Å². The standard InChI is InChI=1S/C17H22N4O4/c1-3-4-10-18-15(24)19-13(22)11-21-14(23)17(2,20-16(21)25)12-8-6-5-7-9-12/h5-9H,3-4,10-11H2,1-2H3,(H,20,25)(H2,18,19,22,24)/t17-/m0/s1. The van der Waals surface area contributed by atoms with Gasteiger partial charge >= 0.3 is 12.1 Å². The summed E-state index contributed by atoms with van der Waals surface area (Å²) in [5.41, 5.74) is -0.615. The average Bonchev–Trinajstić information content (AvgIpc) is 2.80. The smallest absolute Gasteiger partial charge is 0.325 e. The molecule has 3 N–H and O–H groups in total. The van der Waals surface area contributed by atoms with Crippen LogP contribution in [-0.2, 0) is 15.1 Å². The molecule has 0 aromatic heterocycles. The van der Waals surface area contributed by atoms with Gasteiger partial charge in [-0.1, -0.05) is 43.7 Å². The normalized spacial score (nSPS) is 19.5. The van der Waals surface area contributed by atoms with Crippen LogP contribution in [0.5, 0.6) is 0 Å². The number of carbonyl (C=O) groups excluding carboxylic acids is 4. The molecule has 6 amide bonds. The Morgan fingerprint density at radius 1 is 1.20 bits per heavy atom. The summed E-state index contributed by atoms with van der Waals surface area (Å²) in [6.45, 7) is 3.49. The number of hydrogen-bond donors (Lipinski definition) is 3. The highest BCUT2D eigenvalue weighted by Gasteiger charge is 2.49. The fourth-order valence-corrected chi connectivity index (χ4v) is 2.54. The summed E-state index contributed by atoms with van der Waals surface area (Å²) >= 11 is 0. The van der Waals surface area contributed by atoms with Crippen LogP contribution in [0.4, 0.5) is 9.59 Å². The molecule has 1 aliphatic heterocycles. The Hall–Kier alpha value is -2.90. The number of unbranched alkanes of at least 4 members (excludes halogenated alkanes) is 1. The van der Waals surface area contributed by atoms with E-state index in [1.165, 1.54) is 0 Å². The Labute approximate surface area is 145 Å². The molecule has 1 fully saturated rings. The SMILES string of the molecule is CCCCNC(=O)NC(=O)CN1C(=O)N[C@@](C)(c2ccccc2)C1=O. The summed E-state index contributed by atoms with van der Waals surface area (Å²) in [6.07, 6.45) is 1.71. The van der Waals surface area contributed by atoms with Crippen molar-refractivity contribution in [3.05, 3.63) is 35.9 Å². The lowest BCUT2D eigenvalue weighted by atomic mass is 9.92. The molecule has 0 spiro atoms. The molecule has 0 aliphatic carbocycles. The van der Waals surface area contributed by atoms with E-state index in [0.29, 0.717) is 12.1 Å². The zero-order valence-electron chi connectivity index (χ0n) is 14.3. The third-order valence-corrected chi connectivity index (χ3v) is 4.00. The first-order valence-electron chi connectivity index (χ1n) is 8.15. The summed E-state index contributed by atoms with van der Waals surface area (Å²) < 4.78 is 0. The Balaban J connectivity index is 1.99. The van der Waals surface area contributed by atoms with Crippen LogP contribution in [0.2, 0.25) is 0 Å². The van der Waals surface area contributed by atoms with Crippen molar-refractivity contribution in [1.82, 2.24) is 20.9 Å². The van der Waals surface area contributed by atoms with Gasteiger partial charge in [0.25, 0.3) is 5.91 Å². The maximum Gasteiger partial charge on any atom is 0.325 e. The number of nitrogens with zero attached hydrogens (tertiary/aromatic N) is 1.